The van der Waals surface area contributed by atoms with Gasteiger partial charge in [0, 0.05) is 18.2 Å². The molecule has 100 valence electrons. The van der Waals surface area contributed by atoms with Crippen molar-refractivity contribution < 1.29 is 9.84 Å². The quantitative estimate of drug-likeness (QED) is 0.894. The largest absolute Gasteiger partial charge is 0.489 e. The molecule has 2 rings (SSSR count). The van der Waals surface area contributed by atoms with Gasteiger partial charge in [0.15, 0.2) is 0 Å². The lowest BCUT2D eigenvalue weighted by atomic mass is 10.0. The van der Waals surface area contributed by atoms with Crippen LogP contribution in [0, 0.1) is 0 Å². The Hall–Kier alpha value is -1.87. The maximum Gasteiger partial charge on any atom is 0.138 e. The van der Waals surface area contributed by atoms with Crippen molar-refractivity contribution in [3.63, 3.8) is 0 Å². The van der Waals surface area contributed by atoms with Crippen molar-refractivity contribution in [2.45, 2.75) is 32.5 Å². The van der Waals surface area contributed by atoms with Gasteiger partial charge in [0.25, 0.3) is 0 Å². The van der Waals surface area contributed by atoms with E-state index >= 15 is 0 Å². The molecular formula is C16H19NO2. The molecule has 3 nitrogen and oxygen atoms in total. The molecule has 0 saturated carbocycles. The maximum atomic E-state index is 10.2. The van der Waals surface area contributed by atoms with E-state index < -0.39 is 6.10 Å². The summed E-state index contributed by atoms with van der Waals surface area (Å²) in [5, 5.41) is 10.2. The molecule has 1 unspecified atom stereocenters. The molecule has 0 aliphatic carbocycles. The van der Waals surface area contributed by atoms with E-state index in [9.17, 15) is 5.11 Å². The van der Waals surface area contributed by atoms with Crippen LogP contribution >= 0.6 is 0 Å². The Kier molecular flexibility index (Phi) is 4.53. The number of aromatic nitrogens is 1. The number of nitrogens with zero attached hydrogens (tertiary/aromatic N) is 1. The second kappa shape index (κ2) is 6.34. The van der Waals surface area contributed by atoms with Gasteiger partial charge in [-0.1, -0.05) is 30.3 Å². The van der Waals surface area contributed by atoms with Crippen molar-refractivity contribution in [1.82, 2.24) is 4.98 Å². The zero-order chi connectivity index (χ0) is 13.7. The number of aliphatic hydroxyl groups is 1. The molecule has 0 aliphatic rings. The fraction of sp³-hybridized carbons (Fsp3) is 0.312. The lowest BCUT2D eigenvalue weighted by Crippen LogP contribution is -2.07. The van der Waals surface area contributed by atoms with E-state index in [0.29, 0.717) is 12.2 Å². The standard InChI is InChI=1S/C16H19NO2/c1-12(2)19-15-9-14(10-17-11-15)16(18)8-13-6-4-3-5-7-13/h3-7,9-12,16,18H,8H2,1-2H3. The summed E-state index contributed by atoms with van der Waals surface area (Å²) in [6.07, 6.45) is 3.46. The Morgan fingerprint density at radius 2 is 1.89 bits per heavy atom. The SMILES string of the molecule is CC(C)Oc1cncc(C(O)Cc2ccccc2)c1. The Morgan fingerprint density at radius 1 is 1.16 bits per heavy atom. The number of hydrogen-bond donors (Lipinski definition) is 1. The van der Waals surface area contributed by atoms with Crippen LogP contribution in [0.5, 0.6) is 5.75 Å². The summed E-state index contributed by atoms with van der Waals surface area (Å²) in [7, 11) is 0. The summed E-state index contributed by atoms with van der Waals surface area (Å²) >= 11 is 0. The molecular weight excluding hydrogens is 238 g/mol. The Bertz CT molecular complexity index is 511. The first-order chi connectivity index (χ1) is 9.15. The number of benzene rings is 1. The van der Waals surface area contributed by atoms with E-state index in [0.717, 1.165) is 11.1 Å². The Morgan fingerprint density at radius 3 is 2.58 bits per heavy atom. The third-order valence-electron chi connectivity index (χ3n) is 2.76. The summed E-state index contributed by atoms with van der Waals surface area (Å²) in [5.41, 5.74) is 1.88. The van der Waals surface area contributed by atoms with Crippen LogP contribution in [-0.4, -0.2) is 16.2 Å². The van der Waals surface area contributed by atoms with Gasteiger partial charge in [-0.2, -0.15) is 0 Å². The molecule has 0 spiro atoms. The van der Waals surface area contributed by atoms with Crippen LogP contribution in [0.2, 0.25) is 0 Å². The summed E-state index contributed by atoms with van der Waals surface area (Å²) < 4.78 is 5.58. The van der Waals surface area contributed by atoms with Crippen molar-refractivity contribution in [1.29, 1.82) is 0 Å². The van der Waals surface area contributed by atoms with Crippen LogP contribution in [0.4, 0.5) is 0 Å². The van der Waals surface area contributed by atoms with Crippen molar-refractivity contribution in [3.8, 4) is 5.75 Å². The van der Waals surface area contributed by atoms with Gasteiger partial charge in [0.1, 0.15) is 5.75 Å². The first-order valence-corrected chi connectivity index (χ1v) is 6.48. The molecule has 0 bridgehead atoms. The van der Waals surface area contributed by atoms with Crippen LogP contribution in [-0.2, 0) is 6.42 Å². The average molecular weight is 257 g/mol. The molecule has 0 saturated heterocycles. The fourth-order valence-corrected chi connectivity index (χ4v) is 1.91. The zero-order valence-corrected chi connectivity index (χ0v) is 11.3. The smallest absolute Gasteiger partial charge is 0.138 e. The molecule has 1 heterocycles. The van der Waals surface area contributed by atoms with Crippen LogP contribution in [0.25, 0.3) is 0 Å². The number of ether oxygens (including phenoxy) is 1. The monoisotopic (exact) mass is 257 g/mol. The summed E-state index contributed by atoms with van der Waals surface area (Å²) in [6.45, 7) is 3.93. The van der Waals surface area contributed by atoms with Gasteiger partial charge in [-0.15, -0.1) is 0 Å². The third-order valence-corrected chi connectivity index (χ3v) is 2.76. The number of pyridine rings is 1. The molecule has 1 aromatic heterocycles. The third kappa shape index (κ3) is 4.07. The minimum Gasteiger partial charge on any atom is -0.489 e. The van der Waals surface area contributed by atoms with Crippen LogP contribution in [0.3, 0.4) is 0 Å². The van der Waals surface area contributed by atoms with E-state index in [2.05, 4.69) is 4.98 Å². The number of hydrogen-bond acceptors (Lipinski definition) is 3. The highest BCUT2D eigenvalue weighted by molar-refractivity contribution is 5.27. The molecule has 1 aromatic carbocycles. The van der Waals surface area contributed by atoms with Gasteiger partial charge in [-0.3, -0.25) is 4.98 Å². The van der Waals surface area contributed by atoms with E-state index in [1.165, 1.54) is 0 Å². The molecule has 0 aliphatic heterocycles. The highest BCUT2D eigenvalue weighted by atomic mass is 16.5. The van der Waals surface area contributed by atoms with Gasteiger partial charge in [-0.05, 0) is 25.5 Å². The van der Waals surface area contributed by atoms with E-state index in [4.69, 9.17) is 4.74 Å². The second-order valence-electron chi connectivity index (χ2n) is 4.83. The van der Waals surface area contributed by atoms with E-state index in [1.54, 1.807) is 12.4 Å². The predicted octanol–water partition coefficient (Wildman–Crippen LogP) is 3.14. The number of rotatable bonds is 5. The van der Waals surface area contributed by atoms with Gasteiger partial charge in [0.05, 0.1) is 18.4 Å². The molecule has 3 heteroatoms. The van der Waals surface area contributed by atoms with E-state index in [-0.39, 0.29) is 6.10 Å². The lowest BCUT2D eigenvalue weighted by molar-refractivity contribution is 0.176. The van der Waals surface area contributed by atoms with Gasteiger partial charge >= 0.3 is 0 Å². The Balaban J connectivity index is 2.08. The summed E-state index contributed by atoms with van der Waals surface area (Å²) in [6, 6.07) is 11.8. The van der Waals surface area contributed by atoms with Gasteiger partial charge in [-0.25, -0.2) is 0 Å². The zero-order valence-electron chi connectivity index (χ0n) is 11.3. The maximum absolute atomic E-state index is 10.2. The average Bonchev–Trinajstić information content (AvgIpc) is 2.39. The molecule has 1 N–H and O–H groups in total. The van der Waals surface area contributed by atoms with Crippen molar-refractivity contribution >= 4 is 0 Å². The number of aliphatic hydroxyl groups excluding tert-OH is 1. The van der Waals surface area contributed by atoms with Crippen molar-refractivity contribution in [3.05, 3.63) is 59.9 Å². The van der Waals surface area contributed by atoms with Gasteiger partial charge < -0.3 is 9.84 Å². The summed E-state index contributed by atoms with van der Waals surface area (Å²) in [5.74, 6) is 0.694. The minimum absolute atomic E-state index is 0.100. The molecule has 0 amide bonds. The second-order valence-corrected chi connectivity index (χ2v) is 4.83. The first-order valence-electron chi connectivity index (χ1n) is 6.48. The lowest BCUT2D eigenvalue weighted by Gasteiger charge is -2.14. The van der Waals surface area contributed by atoms with Gasteiger partial charge in [0.2, 0.25) is 0 Å². The van der Waals surface area contributed by atoms with E-state index in [1.807, 2.05) is 50.2 Å². The predicted molar refractivity (Wildman–Crippen MR) is 75.1 cm³/mol. The molecule has 2 aromatic rings. The fourth-order valence-electron chi connectivity index (χ4n) is 1.91. The topological polar surface area (TPSA) is 42.4 Å². The molecule has 1 atom stereocenters. The normalized spacial score (nSPS) is 12.4. The Labute approximate surface area is 113 Å². The van der Waals surface area contributed by atoms with Crippen molar-refractivity contribution in [2.75, 3.05) is 0 Å². The highest BCUT2D eigenvalue weighted by Gasteiger charge is 2.10. The van der Waals surface area contributed by atoms with Crippen LogP contribution in [0.15, 0.2) is 48.8 Å². The minimum atomic E-state index is -0.564. The molecule has 0 radical (unpaired) electrons. The van der Waals surface area contributed by atoms with Crippen LogP contribution < -0.4 is 4.74 Å². The highest BCUT2D eigenvalue weighted by Crippen LogP contribution is 2.21. The summed E-state index contributed by atoms with van der Waals surface area (Å²) in [4.78, 5) is 4.12. The molecule has 0 fully saturated rings. The van der Waals surface area contributed by atoms with Crippen LogP contribution in [0.1, 0.15) is 31.1 Å². The van der Waals surface area contributed by atoms with Crippen molar-refractivity contribution in [2.24, 2.45) is 0 Å². The first kappa shape index (κ1) is 13.6. The molecule has 19 heavy (non-hydrogen) atoms.